The predicted octanol–water partition coefficient (Wildman–Crippen LogP) is 1.60. The van der Waals surface area contributed by atoms with Crippen LogP contribution in [0.15, 0.2) is 16.7 Å². The summed E-state index contributed by atoms with van der Waals surface area (Å²) in [4.78, 5) is 17.1. The molecule has 1 aromatic heterocycles. The standard InChI is InChI=1S/C11H16BrN3O/c1-2-15(9-3-4-13-7-9)11(16)10-5-8(12)6-14-10/h5-6,9,13-14H,2-4,7H2,1H3. The SMILES string of the molecule is CCN(C(=O)c1cc(Br)c[nH]1)C1CCNC1. The Morgan fingerprint density at radius 2 is 2.50 bits per heavy atom. The van der Waals surface area contributed by atoms with Crippen molar-refractivity contribution in [3.05, 3.63) is 22.4 Å². The third kappa shape index (κ3) is 2.30. The third-order valence-electron chi connectivity index (χ3n) is 2.95. The highest BCUT2D eigenvalue weighted by atomic mass is 79.9. The first-order chi connectivity index (χ1) is 7.72. The fraction of sp³-hybridized carbons (Fsp3) is 0.545. The summed E-state index contributed by atoms with van der Waals surface area (Å²) in [5.41, 5.74) is 0.653. The number of halogens is 1. The second-order valence-corrected chi connectivity index (χ2v) is 4.89. The number of carbonyl (C=O) groups excluding carboxylic acids is 1. The number of nitrogens with zero attached hydrogens (tertiary/aromatic N) is 1. The lowest BCUT2D eigenvalue weighted by molar-refractivity contribution is 0.0698. The van der Waals surface area contributed by atoms with Gasteiger partial charge in [-0.25, -0.2) is 0 Å². The van der Waals surface area contributed by atoms with Crippen LogP contribution < -0.4 is 5.32 Å². The minimum absolute atomic E-state index is 0.0851. The van der Waals surface area contributed by atoms with Gasteiger partial charge in [0.05, 0.1) is 0 Å². The first-order valence-electron chi connectivity index (χ1n) is 5.58. The van der Waals surface area contributed by atoms with E-state index in [-0.39, 0.29) is 5.91 Å². The van der Waals surface area contributed by atoms with Gasteiger partial charge in [0.15, 0.2) is 0 Å². The number of nitrogens with one attached hydrogen (secondary N) is 2. The fourth-order valence-corrected chi connectivity index (χ4v) is 2.46. The number of H-pyrrole nitrogens is 1. The van der Waals surface area contributed by atoms with Crippen LogP contribution >= 0.6 is 15.9 Å². The topological polar surface area (TPSA) is 48.1 Å². The summed E-state index contributed by atoms with van der Waals surface area (Å²) >= 11 is 3.34. The fourth-order valence-electron chi connectivity index (χ4n) is 2.12. The lowest BCUT2D eigenvalue weighted by Crippen LogP contribution is -2.41. The Kier molecular flexibility index (Phi) is 3.66. The lowest BCUT2D eigenvalue weighted by Gasteiger charge is -2.26. The van der Waals surface area contributed by atoms with Crippen LogP contribution in [0.4, 0.5) is 0 Å². The number of amides is 1. The Morgan fingerprint density at radius 3 is 3.00 bits per heavy atom. The molecule has 1 saturated heterocycles. The van der Waals surface area contributed by atoms with Gasteiger partial charge in [0.1, 0.15) is 5.69 Å². The minimum atomic E-state index is 0.0851. The zero-order valence-corrected chi connectivity index (χ0v) is 10.9. The van der Waals surface area contributed by atoms with E-state index in [0.29, 0.717) is 11.7 Å². The summed E-state index contributed by atoms with van der Waals surface area (Å²) in [5.74, 6) is 0.0851. The molecule has 0 radical (unpaired) electrons. The van der Waals surface area contributed by atoms with Crippen molar-refractivity contribution in [2.24, 2.45) is 0 Å². The molecule has 2 N–H and O–H groups in total. The van der Waals surface area contributed by atoms with Crippen molar-refractivity contribution in [1.82, 2.24) is 15.2 Å². The number of carbonyl (C=O) groups is 1. The molecule has 2 heterocycles. The van der Waals surface area contributed by atoms with Crippen LogP contribution in [-0.2, 0) is 0 Å². The summed E-state index contributed by atoms with van der Waals surface area (Å²) in [6.07, 6.45) is 2.83. The number of aromatic nitrogens is 1. The summed E-state index contributed by atoms with van der Waals surface area (Å²) in [5, 5.41) is 3.29. The van der Waals surface area contributed by atoms with Crippen LogP contribution in [0.25, 0.3) is 0 Å². The molecule has 4 nitrogen and oxygen atoms in total. The van der Waals surface area contributed by atoms with Crippen LogP contribution in [-0.4, -0.2) is 41.5 Å². The Morgan fingerprint density at radius 1 is 1.69 bits per heavy atom. The Balaban J connectivity index is 2.11. The van der Waals surface area contributed by atoms with Crippen molar-refractivity contribution in [3.63, 3.8) is 0 Å². The molecule has 1 aromatic rings. The van der Waals surface area contributed by atoms with Crippen molar-refractivity contribution >= 4 is 21.8 Å². The van der Waals surface area contributed by atoms with Crippen LogP contribution in [0.5, 0.6) is 0 Å². The van der Waals surface area contributed by atoms with Gasteiger partial charge in [-0.15, -0.1) is 0 Å². The largest absolute Gasteiger partial charge is 0.356 e. The number of hydrogen-bond donors (Lipinski definition) is 2. The Bertz CT molecular complexity index is 371. The van der Waals surface area contributed by atoms with Crippen LogP contribution in [0.1, 0.15) is 23.8 Å². The second kappa shape index (κ2) is 5.01. The Labute approximate surface area is 104 Å². The molecule has 0 spiro atoms. The molecule has 1 unspecified atom stereocenters. The van der Waals surface area contributed by atoms with Gasteiger partial charge in [-0.3, -0.25) is 4.79 Å². The van der Waals surface area contributed by atoms with Crippen molar-refractivity contribution in [2.75, 3.05) is 19.6 Å². The minimum Gasteiger partial charge on any atom is -0.356 e. The molecule has 0 aliphatic carbocycles. The molecule has 88 valence electrons. The van der Waals surface area contributed by atoms with Gasteiger partial charge in [0.25, 0.3) is 5.91 Å². The van der Waals surface area contributed by atoms with E-state index in [1.165, 1.54) is 0 Å². The molecular weight excluding hydrogens is 270 g/mol. The number of aromatic amines is 1. The molecule has 1 atom stereocenters. The van der Waals surface area contributed by atoms with Crippen molar-refractivity contribution < 1.29 is 4.79 Å². The molecule has 1 amide bonds. The van der Waals surface area contributed by atoms with Gasteiger partial charge >= 0.3 is 0 Å². The maximum atomic E-state index is 12.2. The number of hydrogen-bond acceptors (Lipinski definition) is 2. The van der Waals surface area contributed by atoms with E-state index >= 15 is 0 Å². The van der Waals surface area contributed by atoms with Gasteiger partial charge in [-0.05, 0) is 41.9 Å². The molecule has 0 aromatic carbocycles. The van der Waals surface area contributed by atoms with Crippen molar-refractivity contribution in [2.45, 2.75) is 19.4 Å². The molecule has 1 aliphatic heterocycles. The molecular formula is C11H16BrN3O. The summed E-state index contributed by atoms with van der Waals surface area (Å²) in [6.45, 7) is 4.68. The van der Waals surface area contributed by atoms with Gasteiger partial charge in [0, 0.05) is 29.8 Å². The van der Waals surface area contributed by atoms with Gasteiger partial charge < -0.3 is 15.2 Å². The summed E-state index contributed by atoms with van der Waals surface area (Å²) in [6, 6.07) is 2.16. The normalized spacial score (nSPS) is 20.0. The highest BCUT2D eigenvalue weighted by Gasteiger charge is 2.26. The molecule has 1 aliphatic rings. The van der Waals surface area contributed by atoms with Gasteiger partial charge in [0.2, 0.25) is 0 Å². The molecule has 0 bridgehead atoms. The van der Waals surface area contributed by atoms with Crippen molar-refractivity contribution in [1.29, 1.82) is 0 Å². The lowest BCUT2D eigenvalue weighted by atomic mass is 10.2. The van der Waals surface area contributed by atoms with E-state index < -0.39 is 0 Å². The predicted molar refractivity (Wildman–Crippen MR) is 66.5 cm³/mol. The first kappa shape index (κ1) is 11.7. The smallest absolute Gasteiger partial charge is 0.270 e. The number of likely N-dealkylation sites (N-methyl/N-ethyl adjacent to an activating group) is 1. The molecule has 16 heavy (non-hydrogen) atoms. The van der Waals surface area contributed by atoms with Gasteiger partial charge in [-0.2, -0.15) is 0 Å². The zero-order valence-electron chi connectivity index (χ0n) is 9.29. The summed E-state index contributed by atoms with van der Waals surface area (Å²) in [7, 11) is 0. The highest BCUT2D eigenvalue weighted by Crippen LogP contribution is 2.16. The number of rotatable bonds is 3. The van der Waals surface area contributed by atoms with Crippen LogP contribution in [0, 0.1) is 0 Å². The molecule has 0 saturated carbocycles. The van der Waals surface area contributed by atoms with Crippen LogP contribution in [0.3, 0.4) is 0 Å². The average molecular weight is 286 g/mol. The molecule has 5 heteroatoms. The van der Waals surface area contributed by atoms with E-state index in [4.69, 9.17) is 0 Å². The third-order valence-corrected chi connectivity index (χ3v) is 3.41. The second-order valence-electron chi connectivity index (χ2n) is 3.97. The van der Waals surface area contributed by atoms with E-state index in [0.717, 1.165) is 30.5 Å². The van der Waals surface area contributed by atoms with E-state index in [1.807, 2.05) is 17.9 Å². The maximum absolute atomic E-state index is 12.2. The maximum Gasteiger partial charge on any atom is 0.270 e. The van der Waals surface area contributed by atoms with E-state index in [9.17, 15) is 4.79 Å². The first-order valence-corrected chi connectivity index (χ1v) is 6.37. The van der Waals surface area contributed by atoms with E-state index in [2.05, 4.69) is 26.2 Å². The van der Waals surface area contributed by atoms with Gasteiger partial charge in [-0.1, -0.05) is 0 Å². The Hall–Kier alpha value is -0.810. The molecule has 1 fully saturated rings. The monoisotopic (exact) mass is 285 g/mol. The zero-order chi connectivity index (χ0) is 11.5. The van der Waals surface area contributed by atoms with Crippen molar-refractivity contribution in [3.8, 4) is 0 Å². The highest BCUT2D eigenvalue weighted by molar-refractivity contribution is 9.10. The van der Waals surface area contributed by atoms with Crippen LogP contribution in [0.2, 0.25) is 0 Å². The molecule has 2 rings (SSSR count). The quantitative estimate of drug-likeness (QED) is 0.886. The summed E-state index contributed by atoms with van der Waals surface area (Å²) < 4.78 is 0.913. The van der Waals surface area contributed by atoms with E-state index in [1.54, 1.807) is 6.20 Å². The average Bonchev–Trinajstić information content (AvgIpc) is 2.90.